The Labute approximate surface area is 132 Å². The average Bonchev–Trinajstić information content (AvgIpc) is 2.47. The van der Waals surface area contributed by atoms with Gasteiger partial charge >= 0.3 is 6.18 Å². The fourth-order valence-electron chi connectivity index (χ4n) is 1.95. The van der Waals surface area contributed by atoms with Crippen LogP contribution < -0.4 is 0 Å². The molecular weight excluding hydrogens is 329 g/mol. The summed E-state index contributed by atoms with van der Waals surface area (Å²) in [5, 5.41) is 0. The van der Waals surface area contributed by atoms with E-state index in [1.807, 2.05) is 0 Å². The van der Waals surface area contributed by atoms with Crippen LogP contribution in [-0.4, -0.2) is 20.7 Å². The van der Waals surface area contributed by atoms with E-state index in [9.17, 15) is 21.6 Å². The van der Waals surface area contributed by atoms with Gasteiger partial charge in [-0.2, -0.15) is 21.6 Å². The van der Waals surface area contributed by atoms with Crippen molar-refractivity contribution in [3.05, 3.63) is 65.7 Å². The summed E-state index contributed by atoms with van der Waals surface area (Å²) in [5.74, 6) is 0. The van der Waals surface area contributed by atoms with Gasteiger partial charge in [0.1, 0.15) is 0 Å². The van der Waals surface area contributed by atoms with E-state index in [4.69, 9.17) is 0 Å². The molecule has 7 heteroatoms. The van der Waals surface area contributed by atoms with Crippen LogP contribution in [0.4, 0.5) is 13.2 Å². The summed E-state index contributed by atoms with van der Waals surface area (Å²) in [7, 11) is -4.50. The molecule has 0 amide bonds. The second-order valence-corrected chi connectivity index (χ2v) is 6.66. The zero-order chi connectivity index (χ0) is 17.1. The third-order valence-corrected chi connectivity index (χ3v) is 4.52. The first-order valence-electron chi connectivity index (χ1n) is 6.79. The SMILES string of the molecule is Cc1ccc(S(=O)(=O)OC(Cc2ccccc2)C(F)(F)F)cc1. The van der Waals surface area contributed by atoms with Gasteiger partial charge in [0, 0.05) is 6.42 Å². The normalized spacial score (nSPS) is 13.7. The number of hydrogen-bond donors (Lipinski definition) is 0. The average molecular weight is 344 g/mol. The van der Waals surface area contributed by atoms with Crippen LogP contribution in [-0.2, 0) is 20.7 Å². The highest BCUT2D eigenvalue weighted by molar-refractivity contribution is 7.86. The first-order chi connectivity index (χ1) is 10.7. The number of aryl methyl sites for hydroxylation is 1. The molecule has 2 rings (SSSR count). The maximum Gasteiger partial charge on any atom is 0.416 e. The number of rotatable bonds is 5. The molecule has 0 aliphatic rings. The van der Waals surface area contributed by atoms with Crippen molar-refractivity contribution in [2.45, 2.75) is 30.5 Å². The Morgan fingerprint density at radius 1 is 1.00 bits per heavy atom. The van der Waals surface area contributed by atoms with Crippen molar-refractivity contribution in [2.24, 2.45) is 0 Å². The fourth-order valence-corrected chi connectivity index (χ4v) is 3.01. The molecule has 3 nitrogen and oxygen atoms in total. The van der Waals surface area contributed by atoms with Crippen molar-refractivity contribution < 1.29 is 25.8 Å². The van der Waals surface area contributed by atoms with Gasteiger partial charge in [0.05, 0.1) is 4.90 Å². The molecule has 0 saturated heterocycles. The van der Waals surface area contributed by atoms with Crippen LogP contribution in [0.2, 0.25) is 0 Å². The van der Waals surface area contributed by atoms with E-state index < -0.39 is 28.8 Å². The molecule has 0 spiro atoms. The van der Waals surface area contributed by atoms with Crippen molar-refractivity contribution in [3.63, 3.8) is 0 Å². The summed E-state index contributed by atoms with van der Waals surface area (Å²) >= 11 is 0. The summed E-state index contributed by atoms with van der Waals surface area (Å²) < 4.78 is 68.0. The smallest absolute Gasteiger partial charge is 0.253 e. The second-order valence-electron chi connectivity index (χ2n) is 5.08. The summed E-state index contributed by atoms with van der Waals surface area (Å²) in [6, 6.07) is 13.2. The Morgan fingerprint density at radius 2 is 1.57 bits per heavy atom. The maximum atomic E-state index is 13.1. The van der Waals surface area contributed by atoms with Crippen molar-refractivity contribution >= 4 is 10.1 Å². The van der Waals surface area contributed by atoms with Gasteiger partial charge in [0.2, 0.25) is 0 Å². The lowest BCUT2D eigenvalue weighted by Gasteiger charge is -2.20. The van der Waals surface area contributed by atoms with Gasteiger partial charge in [-0.25, -0.2) is 0 Å². The molecule has 0 N–H and O–H groups in total. The van der Waals surface area contributed by atoms with Crippen LogP contribution in [0.25, 0.3) is 0 Å². The Hall–Kier alpha value is -1.86. The minimum Gasteiger partial charge on any atom is -0.253 e. The van der Waals surface area contributed by atoms with E-state index in [1.165, 1.54) is 36.4 Å². The van der Waals surface area contributed by atoms with Gasteiger partial charge in [0.15, 0.2) is 6.10 Å². The van der Waals surface area contributed by atoms with E-state index in [0.29, 0.717) is 5.56 Å². The van der Waals surface area contributed by atoms with Crippen LogP contribution in [0.3, 0.4) is 0 Å². The Morgan fingerprint density at radius 3 is 2.09 bits per heavy atom. The molecular formula is C16H15F3O3S. The van der Waals surface area contributed by atoms with Gasteiger partial charge in [0.25, 0.3) is 10.1 Å². The zero-order valence-electron chi connectivity index (χ0n) is 12.2. The first kappa shape index (κ1) is 17.5. The highest BCUT2D eigenvalue weighted by atomic mass is 32.2. The van der Waals surface area contributed by atoms with Gasteiger partial charge in [-0.05, 0) is 24.6 Å². The summed E-state index contributed by atoms with van der Waals surface area (Å²) in [6.07, 6.45) is -7.81. The molecule has 1 atom stereocenters. The summed E-state index contributed by atoms with van der Waals surface area (Å²) in [6.45, 7) is 1.74. The van der Waals surface area contributed by atoms with Crippen molar-refractivity contribution in [3.8, 4) is 0 Å². The van der Waals surface area contributed by atoms with Crippen molar-refractivity contribution in [2.75, 3.05) is 0 Å². The highest BCUT2D eigenvalue weighted by Crippen LogP contribution is 2.29. The van der Waals surface area contributed by atoms with Gasteiger partial charge in [-0.3, -0.25) is 4.18 Å². The lowest BCUT2D eigenvalue weighted by Crippen LogP contribution is -2.35. The molecule has 2 aromatic carbocycles. The fraction of sp³-hybridized carbons (Fsp3) is 0.250. The number of hydrogen-bond acceptors (Lipinski definition) is 3. The topological polar surface area (TPSA) is 43.4 Å². The van der Waals surface area contributed by atoms with E-state index >= 15 is 0 Å². The second kappa shape index (κ2) is 6.72. The lowest BCUT2D eigenvalue weighted by molar-refractivity contribution is -0.193. The Balaban J connectivity index is 2.25. The highest BCUT2D eigenvalue weighted by Gasteiger charge is 2.44. The first-order valence-corrected chi connectivity index (χ1v) is 8.20. The van der Waals surface area contributed by atoms with Crippen LogP contribution in [0.1, 0.15) is 11.1 Å². The predicted octanol–water partition coefficient (Wildman–Crippen LogP) is 3.87. The van der Waals surface area contributed by atoms with E-state index in [2.05, 4.69) is 4.18 Å². The van der Waals surface area contributed by atoms with Crippen molar-refractivity contribution in [1.29, 1.82) is 0 Å². The van der Waals surface area contributed by atoms with Gasteiger partial charge in [-0.15, -0.1) is 0 Å². The van der Waals surface area contributed by atoms with E-state index in [1.54, 1.807) is 25.1 Å². The molecule has 0 radical (unpaired) electrons. The minimum atomic E-state index is -4.80. The van der Waals surface area contributed by atoms with Crippen LogP contribution >= 0.6 is 0 Å². The van der Waals surface area contributed by atoms with Crippen LogP contribution in [0, 0.1) is 6.92 Å². The Kier molecular flexibility index (Phi) is 5.11. The van der Waals surface area contributed by atoms with Crippen molar-refractivity contribution in [1.82, 2.24) is 0 Å². The van der Waals surface area contributed by atoms with Gasteiger partial charge in [-0.1, -0.05) is 48.0 Å². The quantitative estimate of drug-likeness (QED) is 0.773. The summed E-state index contributed by atoms with van der Waals surface area (Å²) in [4.78, 5) is -0.301. The molecule has 0 fully saturated rings. The minimum absolute atomic E-state index is 0.301. The number of alkyl halides is 3. The monoisotopic (exact) mass is 344 g/mol. The Bertz CT molecular complexity index is 738. The molecule has 0 aliphatic heterocycles. The van der Waals surface area contributed by atoms with Crippen LogP contribution in [0.5, 0.6) is 0 Å². The standard InChI is InChI=1S/C16H15F3O3S/c1-12-7-9-14(10-8-12)23(20,21)22-15(16(17,18)19)11-13-5-3-2-4-6-13/h2-10,15H,11H2,1H3. The molecule has 124 valence electrons. The molecule has 0 aromatic heterocycles. The predicted molar refractivity (Wildman–Crippen MR) is 79.4 cm³/mol. The van der Waals surface area contributed by atoms with Crippen LogP contribution in [0.15, 0.2) is 59.5 Å². The molecule has 0 bridgehead atoms. The van der Waals surface area contributed by atoms with E-state index in [0.717, 1.165) is 5.56 Å². The zero-order valence-corrected chi connectivity index (χ0v) is 13.1. The number of benzene rings is 2. The lowest BCUT2D eigenvalue weighted by atomic mass is 10.1. The third-order valence-electron chi connectivity index (χ3n) is 3.18. The maximum absolute atomic E-state index is 13.1. The molecule has 0 heterocycles. The van der Waals surface area contributed by atoms with E-state index in [-0.39, 0.29) is 4.90 Å². The molecule has 1 unspecified atom stereocenters. The van der Waals surface area contributed by atoms with Gasteiger partial charge < -0.3 is 0 Å². The molecule has 2 aromatic rings. The summed E-state index contributed by atoms with van der Waals surface area (Å²) in [5.41, 5.74) is 1.13. The molecule has 0 aliphatic carbocycles. The third kappa shape index (κ3) is 4.80. The largest absolute Gasteiger partial charge is 0.416 e. The molecule has 0 saturated carbocycles. The molecule has 23 heavy (non-hydrogen) atoms. The number of halogens is 3.